The van der Waals surface area contributed by atoms with Gasteiger partial charge in [-0.15, -0.1) is 11.3 Å². The van der Waals surface area contributed by atoms with Crippen LogP contribution in [0.15, 0.2) is 11.4 Å². The summed E-state index contributed by atoms with van der Waals surface area (Å²) in [5, 5.41) is 5.48. The molecule has 1 amide bonds. The maximum atomic E-state index is 12.1. The zero-order valence-corrected chi connectivity index (χ0v) is 12.4. The minimum absolute atomic E-state index is 0.0116. The fourth-order valence-corrected chi connectivity index (χ4v) is 3.99. The Bertz CT molecular complexity index is 481. The van der Waals surface area contributed by atoms with Crippen molar-refractivity contribution in [1.82, 2.24) is 5.32 Å². The number of nitrogens with two attached hydrogens (primary N) is 1. The Balaban J connectivity index is 1.90. The first-order chi connectivity index (χ1) is 9.31. The van der Waals surface area contributed by atoms with Gasteiger partial charge >= 0.3 is 0 Å². The summed E-state index contributed by atoms with van der Waals surface area (Å²) in [4.78, 5) is 12.8. The van der Waals surface area contributed by atoms with E-state index in [9.17, 15) is 4.79 Å². The molecule has 2 heterocycles. The smallest absolute Gasteiger partial charge is 0.262 e. The van der Waals surface area contributed by atoms with Gasteiger partial charge in [0.2, 0.25) is 0 Å². The van der Waals surface area contributed by atoms with Gasteiger partial charge in [0.15, 0.2) is 0 Å². The number of thiophene rings is 1. The highest BCUT2D eigenvalue weighted by Gasteiger charge is 2.17. The largest absolute Gasteiger partial charge is 0.350 e. The molecule has 102 valence electrons. The minimum atomic E-state index is -0.0116. The Hall–Kier alpha value is -0.960. The highest BCUT2D eigenvalue weighted by molar-refractivity contribution is 7.99. The predicted octanol–water partition coefficient (Wildman–Crippen LogP) is 2.07. The van der Waals surface area contributed by atoms with Crippen molar-refractivity contribution in [3.05, 3.63) is 21.9 Å². The first kappa shape index (κ1) is 14.4. The first-order valence-corrected chi connectivity index (χ1v) is 8.40. The lowest BCUT2D eigenvalue weighted by atomic mass is 10.2. The zero-order chi connectivity index (χ0) is 13.5. The molecule has 3 N–H and O–H groups in total. The van der Waals surface area contributed by atoms with Gasteiger partial charge in [-0.25, -0.2) is 0 Å². The van der Waals surface area contributed by atoms with Gasteiger partial charge in [-0.05, 0) is 30.0 Å². The summed E-state index contributed by atoms with van der Waals surface area (Å²) < 4.78 is 0. The van der Waals surface area contributed by atoms with Gasteiger partial charge in [-0.1, -0.05) is 18.3 Å². The predicted molar refractivity (Wildman–Crippen MR) is 82.7 cm³/mol. The molecule has 1 aliphatic heterocycles. The van der Waals surface area contributed by atoms with E-state index in [4.69, 9.17) is 5.73 Å². The number of carbonyl (C=O) groups excluding carboxylic acids is 1. The van der Waals surface area contributed by atoms with Gasteiger partial charge in [0, 0.05) is 17.4 Å². The molecule has 0 aromatic carbocycles. The highest BCUT2D eigenvalue weighted by Crippen LogP contribution is 2.24. The van der Waals surface area contributed by atoms with Crippen LogP contribution in [0.2, 0.25) is 0 Å². The number of hydrogen-bond donors (Lipinski definition) is 2. The van der Waals surface area contributed by atoms with Gasteiger partial charge < -0.3 is 11.1 Å². The summed E-state index contributed by atoms with van der Waals surface area (Å²) in [7, 11) is 0. The summed E-state index contributed by atoms with van der Waals surface area (Å²) in [6.45, 7) is 1.07. The second-order valence-corrected chi connectivity index (χ2v) is 6.69. The van der Waals surface area contributed by atoms with E-state index in [2.05, 4.69) is 17.2 Å². The van der Waals surface area contributed by atoms with Crippen molar-refractivity contribution < 1.29 is 4.79 Å². The lowest BCUT2D eigenvalue weighted by Gasteiger charge is -2.21. The van der Waals surface area contributed by atoms with Crippen molar-refractivity contribution in [2.45, 2.75) is 24.5 Å². The average molecular weight is 294 g/mol. The topological polar surface area (TPSA) is 55.1 Å². The standard InChI is InChI=1S/C14H18N2OS2/c15-7-3-4-11-6-9-19-13(11)14(17)16-10-12-5-1-2-8-18-12/h6,9,12H,1-2,5,7-8,10,15H2,(H,16,17). The van der Waals surface area contributed by atoms with Crippen LogP contribution in [0.25, 0.3) is 0 Å². The minimum Gasteiger partial charge on any atom is -0.350 e. The molecular formula is C14H18N2OS2. The van der Waals surface area contributed by atoms with Crippen LogP contribution >= 0.6 is 23.1 Å². The van der Waals surface area contributed by atoms with Crippen LogP contribution in [-0.2, 0) is 0 Å². The van der Waals surface area contributed by atoms with Crippen molar-refractivity contribution >= 4 is 29.0 Å². The van der Waals surface area contributed by atoms with Crippen LogP contribution in [0, 0.1) is 11.8 Å². The molecule has 0 spiro atoms. The van der Waals surface area contributed by atoms with Crippen LogP contribution in [0.5, 0.6) is 0 Å². The number of nitrogens with one attached hydrogen (secondary N) is 1. The van der Waals surface area contributed by atoms with Crippen LogP contribution in [0.3, 0.4) is 0 Å². The number of rotatable bonds is 3. The molecule has 1 fully saturated rings. The molecule has 1 atom stereocenters. The maximum absolute atomic E-state index is 12.1. The number of thioether (sulfide) groups is 1. The summed E-state index contributed by atoms with van der Waals surface area (Å²) in [5.41, 5.74) is 6.14. The molecule has 0 aliphatic carbocycles. The highest BCUT2D eigenvalue weighted by atomic mass is 32.2. The number of amides is 1. The zero-order valence-electron chi connectivity index (χ0n) is 10.8. The SMILES string of the molecule is NCC#Cc1ccsc1C(=O)NCC1CCCCS1. The lowest BCUT2D eigenvalue weighted by molar-refractivity contribution is 0.0957. The van der Waals surface area contributed by atoms with E-state index in [0.29, 0.717) is 16.7 Å². The molecule has 5 heteroatoms. The van der Waals surface area contributed by atoms with E-state index in [-0.39, 0.29) is 5.91 Å². The van der Waals surface area contributed by atoms with E-state index < -0.39 is 0 Å². The van der Waals surface area contributed by atoms with E-state index in [0.717, 1.165) is 12.1 Å². The molecule has 2 rings (SSSR count). The van der Waals surface area contributed by atoms with Crippen molar-refractivity contribution in [1.29, 1.82) is 0 Å². The quantitative estimate of drug-likeness (QED) is 0.839. The second kappa shape index (κ2) is 7.59. The van der Waals surface area contributed by atoms with Gasteiger partial charge in [-0.2, -0.15) is 11.8 Å². The van der Waals surface area contributed by atoms with E-state index in [1.54, 1.807) is 0 Å². The van der Waals surface area contributed by atoms with Crippen LogP contribution in [0.4, 0.5) is 0 Å². The molecule has 1 unspecified atom stereocenters. The van der Waals surface area contributed by atoms with Crippen LogP contribution in [-0.4, -0.2) is 30.0 Å². The van der Waals surface area contributed by atoms with Gasteiger partial charge in [0.25, 0.3) is 5.91 Å². The number of carbonyl (C=O) groups is 1. The summed E-state index contributed by atoms with van der Waals surface area (Å²) in [5.74, 6) is 6.94. The first-order valence-electron chi connectivity index (χ1n) is 6.47. The third-order valence-electron chi connectivity index (χ3n) is 2.96. The van der Waals surface area contributed by atoms with Gasteiger partial charge in [-0.3, -0.25) is 4.79 Å². The summed E-state index contributed by atoms with van der Waals surface area (Å²) >= 11 is 3.40. The molecule has 3 nitrogen and oxygen atoms in total. The average Bonchev–Trinajstić information content (AvgIpc) is 2.92. The molecule has 19 heavy (non-hydrogen) atoms. The molecule has 0 saturated carbocycles. The Morgan fingerprint density at radius 3 is 3.16 bits per heavy atom. The molecule has 0 radical (unpaired) electrons. The van der Waals surface area contributed by atoms with Crippen molar-refractivity contribution in [3.63, 3.8) is 0 Å². The van der Waals surface area contributed by atoms with Crippen molar-refractivity contribution in [2.75, 3.05) is 18.8 Å². The summed E-state index contributed by atoms with van der Waals surface area (Å²) in [6, 6.07) is 1.87. The Labute approximate surface area is 122 Å². The molecule has 0 bridgehead atoms. The van der Waals surface area contributed by atoms with Crippen LogP contribution in [0.1, 0.15) is 34.5 Å². The molecule has 1 aliphatic rings. The molecule has 1 saturated heterocycles. The Kier molecular flexibility index (Phi) is 5.77. The van der Waals surface area contributed by atoms with E-state index >= 15 is 0 Å². The lowest BCUT2D eigenvalue weighted by Crippen LogP contribution is -2.31. The third-order valence-corrected chi connectivity index (χ3v) is 5.27. The van der Waals surface area contributed by atoms with E-state index in [1.807, 2.05) is 23.2 Å². The van der Waals surface area contributed by atoms with E-state index in [1.165, 1.54) is 36.4 Å². The third kappa shape index (κ3) is 4.27. The van der Waals surface area contributed by atoms with Gasteiger partial charge in [0.05, 0.1) is 6.54 Å². The monoisotopic (exact) mass is 294 g/mol. The Morgan fingerprint density at radius 1 is 1.53 bits per heavy atom. The van der Waals surface area contributed by atoms with Crippen molar-refractivity contribution in [3.8, 4) is 11.8 Å². The number of hydrogen-bond acceptors (Lipinski definition) is 4. The van der Waals surface area contributed by atoms with Crippen LogP contribution < -0.4 is 11.1 Å². The van der Waals surface area contributed by atoms with Gasteiger partial charge in [0.1, 0.15) is 4.88 Å². The fraction of sp³-hybridized carbons (Fsp3) is 0.500. The molecule has 1 aromatic rings. The molecule has 1 aromatic heterocycles. The van der Waals surface area contributed by atoms with Crippen molar-refractivity contribution in [2.24, 2.45) is 5.73 Å². The Morgan fingerprint density at radius 2 is 2.42 bits per heavy atom. The second-order valence-electron chi connectivity index (χ2n) is 4.37. The molecular weight excluding hydrogens is 276 g/mol. The normalized spacial score (nSPS) is 18.5. The fourth-order valence-electron chi connectivity index (χ4n) is 1.98. The summed E-state index contributed by atoms with van der Waals surface area (Å²) in [6.07, 6.45) is 3.79. The maximum Gasteiger partial charge on any atom is 0.262 e.